The van der Waals surface area contributed by atoms with Gasteiger partial charge in [-0.05, 0) is 32.0 Å². The van der Waals surface area contributed by atoms with E-state index in [4.69, 9.17) is 0 Å². The van der Waals surface area contributed by atoms with Crippen LogP contribution in [0.2, 0.25) is 0 Å². The summed E-state index contributed by atoms with van der Waals surface area (Å²) in [5.74, 6) is -1.07. The summed E-state index contributed by atoms with van der Waals surface area (Å²) in [5.41, 5.74) is -1.27. The van der Waals surface area contributed by atoms with Crippen LogP contribution in [0.3, 0.4) is 0 Å². The third kappa shape index (κ3) is 3.06. The average Bonchev–Trinajstić information content (AvgIpc) is 2.80. The fourth-order valence-electron chi connectivity index (χ4n) is 2.85. The molecule has 1 saturated heterocycles. The number of fused-ring (bicyclic) bond motifs is 1. The Bertz CT molecular complexity index is 1130. The van der Waals surface area contributed by atoms with Crippen LogP contribution in [0.15, 0.2) is 32.7 Å². The second-order valence-corrected chi connectivity index (χ2v) is 7.90. The van der Waals surface area contributed by atoms with E-state index in [1.165, 1.54) is 12.1 Å². The van der Waals surface area contributed by atoms with Crippen LogP contribution in [-0.4, -0.2) is 47.2 Å². The largest absolute Gasteiger partial charge is 0.326 e. The number of imide groups is 1. The molecule has 2 amide bonds. The summed E-state index contributed by atoms with van der Waals surface area (Å²) in [7, 11) is -4.16. The summed E-state index contributed by atoms with van der Waals surface area (Å²) in [6.07, 6.45) is -0.266. The first-order valence-electron chi connectivity index (χ1n) is 7.75. The van der Waals surface area contributed by atoms with Crippen molar-refractivity contribution in [2.75, 3.05) is 0 Å². The summed E-state index contributed by atoms with van der Waals surface area (Å²) < 4.78 is 27.3. The molecule has 26 heavy (non-hydrogen) atoms. The number of carbonyl (C=O) groups excluding carboxylic acids is 2. The normalized spacial score (nSPS) is 18.3. The lowest BCUT2D eigenvalue weighted by atomic mass is 10.2. The Kier molecular flexibility index (Phi) is 4.28. The van der Waals surface area contributed by atoms with Crippen molar-refractivity contribution in [3.8, 4) is 0 Å². The second kappa shape index (κ2) is 6.18. The van der Waals surface area contributed by atoms with Gasteiger partial charge < -0.3 is 4.98 Å². The summed E-state index contributed by atoms with van der Waals surface area (Å²) in [4.78, 5) is 52.4. The lowest BCUT2D eigenvalue weighted by molar-refractivity contribution is -0.140. The van der Waals surface area contributed by atoms with E-state index in [-0.39, 0.29) is 28.3 Å². The van der Waals surface area contributed by atoms with E-state index in [2.05, 4.69) is 9.71 Å². The molecule has 3 rings (SSSR count). The van der Waals surface area contributed by atoms with Gasteiger partial charge in [-0.25, -0.2) is 13.2 Å². The number of amides is 2. The molecule has 0 aliphatic carbocycles. The molecular weight excluding hydrogens is 364 g/mol. The van der Waals surface area contributed by atoms with Gasteiger partial charge >= 0.3 is 5.69 Å². The van der Waals surface area contributed by atoms with Crippen molar-refractivity contribution in [1.29, 1.82) is 0 Å². The molecule has 0 unspecified atom stereocenters. The maximum absolute atomic E-state index is 12.6. The first-order valence-corrected chi connectivity index (χ1v) is 9.23. The molecule has 1 fully saturated rings. The zero-order valence-electron chi connectivity index (χ0n) is 13.9. The second-order valence-electron chi connectivity index (χ2n) is 6.19. The Balaban J connectivity index is 1.95. The fraction of sp³-hybridized carbons (Fsp3) is 0.333. The third-order valence-electron chi connectivity index (χ3n) is 4.02. The maximum atomic E-state index is 12.6. The number of sulfonamides is 1. The van der Waals surface area contributed by atoms with Crippen LogP contribution in [-0.2, 0) is 19.6 Å². The Morgan fingerprint density at radius 2 is 1.85 bits per heavy atom. The van der Waals surface area contributed by atoms with E-state index >= 15 is 0 Å². The van der Waals surface area contributed by atoms with E-state index in [0.29, 0.717) is 0 Å². The number of aromatic nitrogens is 2. The first kappa shape index (κ1) is 18.0. The van der Waals surface area contributed by atoms with E-state index < -0.39 is 39.1 Å². The number of aromatic amines is 2. The van der Waals surface area contributed by atoms with Gasteiger partial charge in [0.05, 0.1) is 22.2 Å². The number of hydrogen-bond acceptors (Lipinski definition) is 6. The predicted molar refractivity (Wildman–Crippen MR) is 90.9 cm³/mol. The van der Waals surface area contributed by atoms with Crippen LogP contribution in [0.4, 0.5) is 0 Å². The van der Waals surface area contributed by atoms with Crippen molar-refractivity contribution in [2.24, 2.45) is 0 Å². The number of H-pyrrole nitrogens is 2. The Hall–Kier alpha value is -2.79. The topological polar surface area (TPSA) is 149 Å². The van der Waals surface area contributed by atoms with Crippen LogP contribution in [0.5, 0.6) is 0 Å². The highest BCUT2D eigenvalue weighted by Crippen LogP contribution is 2.20. The first-order chi connectivity index (χ1) is 12.1. The third-order valence-corrected chi connectivity index (χ3v) is 5.49. The van der Waals surface area contributed by atoms with Crippen molar-refractivity contribution in [2.45, 2.75) is 37.2 Å². The molecule has 1 aromatic carbocycles. The molecule has 10 nitrogen and oxygen atoms in total. The monoisotopic (exact) mass is 380 g/mol. The molecule has 0 bridgehead atoms. The standard InChI is InChI=1S/C15H16N4O6S/c1-7(2)19-12(20)6-11(14(19)22)18-26(24,25)8-3-4-10-9(5-8)13(21)17-15(23)16-10/h3-5,7,11,18H,6H2,1-2H3,(H2,16,17,21,23)/t11-/m0/s1. The molecule has 2 heterocycles. The molecule has 138 valence electrons. The minimum Gasteiger partial charge on any atom is -0.307 e. The number of nitrogens with zero attached hydrogens (tertiary/aromatic N) is 1. The molecule has 1 aromatic heterocycles. The maximum Gasteiger partial charge on any atom is 0.326 e. The molecule has 0 radical (unpaired) electrons. The SMILES string of the molecule is CC(C)N1C(=O)C[C@H](NS(=O)(=O)c2ccc3[nH]c(=O)[nH]c(=O)c3c2)C1=O. The van der Waals surface area contributed by atoms with Crippen LogP contribution in [0, 0.1) is 0 Å². The Morgan fingerprint density at radius 1 is 1.15 bits per heavy atom. The number of benzene rings is 1. The molecule has 3 N–H and O–H groups in total. The van der Waals surface area contributed by atoms with Gasteiger partial charge in [0.25, 0.3) is 5.56 Å². The Labute approximate surface area is 147 Å². The molecule has 0 saturated carbocycles. The van der Waals surface area contributed by atoms with E-state index in [9.17, 15) is 27.6 Å². The number of hydrogen-bond donors (Lipinski definition) is 3. The van der Waals surface area contributed by atoms with Crippen LogP contribution >= 0.6 is 0 Å². The highest BCUT2D eigenvalue weighted by Gasteiger charge is 2.42. The van der Waals surface area contributed by atoms with Crippen molar-refractivity contribution < 1.29 is 18.0 Å². The number of likely N-dealkylation sites (tertiary alicyclic amines) is 1. The quantitative estimate of drug-likeness (QED) is 0.581. The van der Waals surface area contributed by atoms with E-state index in [0.717, 1.165) is 11.0 Å². The summed E-state index contributed by atoms with van der Waals surface area (Å²) in [6, 6.07) is 2.00. The zero-order chi connectivity index (χ0) is 19.2. The summed E-state index contributed by atoms with van der Waals surface area (Å²) >= 11 is 0. The fourth-order valence-corrected chi connectivity index (χ4v) is 4.07. The molecular formula is C15H16N4O6S. The van der Waals surface area contributed by atoms with Crippen molar-refractivity contribution in [3.63, 3.8) is 0 Å². The highest BCUT2D eigenvalue weighted by atomic mass is 32.2. The minimum atomic E-state index is -4.16. The molecule has 1 aliphatic heterocycles. The van der Waals surface area contributed by atoms with Gasteiger partial charge in [0.1, 0.15) is 6.04 Å². The van der Waals surface area contributed by atoms with Crippen LogP contribution in [0.1, 0.15) is 20.3 Å². The number of nitrogens with one attached hydrogen (secondary N) is 3. The predicted octanol–water partition coefficient (Wildman–Crippen LogP) is -0.969. The van der Waals surface area contributed by atoms with Crippen molar-refractivity contribution >= 4 is 32.7 Å². The van der Waals surface area contributed by atoms with E-state index in [1.54, 1.807) is 13.8 Å². The number of rotatable bonds is 4. The van der Waals surface area contributed by atoms with Crippen LogP contribution < -0.4 is 16.0 Å². The summed E-state index contributed by atoms with van der Waals surface area (Å²) in [6.45, 7) is 3.31. The van der Waals surface area contributed by atoms with Crippen LogP contribution in [0.25, 0.3) is 10.9 Å². The molecule has 0 spiro atoms. The molecule has 1 aliphatic rings. The van der Waals surface area contributed by atoms with Gasteiger partial charge in [-0.1, -0.05) is 0 Å². The number of carbonyl (C=O) groups is 2. The van der Waals surface area contributed by atoms with Gasteiger partial charge in [0.15, 0.2) is 0 Å². The molecule has 11 heteroatoms. The summed E-state index contributed by atoms with van der Waals surface area (Å²) in [5, 5.41) is -0.0230. The molecule has 1 atom stereocenters. The van der Waals surface area contributed by atoms with Gasteiger partial charge in [0, 0.05) is 6.04 Å². The van der Waals surface area contributed by atoms with Gasteiger partial charge in [-0.3, -0.25) is 24.3 Å². The average molecular weight is 380 g/mol. The zero-order valence-corrected chi connectivity index (χ0v) is 14.7. The van der Waals surface area contributed by atoms with E-state index in [1.807, 2.05) is 4.98 Å². The smallest absolute Gasteiger partial charge is 0.307 e. The van der Waals surface area contributed by atoms with Crippen molar-refractivity contribution in [3.05, 3.63) is 39.0 Å². The van der Waals surface area contributed by atoms with Gasteiger partial charge in [-0.15, -0.1) is 0 Å². The lowest BCUT2D eigenvalue weighted by Crippen LogP contribution is -2.43. The van der Waals surface area contributed by atoms with Gasteiger partial charge in [0.2, 0.25) is 21.8 Å². The highest BCUT2D eigenvalue weighted by molar-refractivity contribution is 7.89. The minimum absolute atomic E-state index is 0.0230. The Morgan fingerprint density at radius 3 is 2.46 bits per heavy atom. The lowest BCUT2D eigenvalue weighted by Gasteiger charge is -2.19. The van der Waals surface area contributed by atoms with Crippen molar-refractivity contribution in [1.82, 2.24) is 19.6 Å². The van der Waals surface area contributed by atoms with Gasteiger partial charge in [-0.2, -0.15) is 4.72 Å². The molecule has 2 aromatic rings.